The van der Waals surface area contributed by atoms with E-state index in [0.29, 0.717) is 5.69 Å². The first-order valence-corrected chi connectivity index (χ1v) is 8.65. The Morgan fingerprint density at radius 3 is 2.89 bits per heavy atom. The molecule has 0 aliphatic carbocycles. The highest BCUT2D eigenvalue weighted by molar-refractivity contribution is 7.13. The third-order valence-electron chi connectivity index (χ3n) is 3.49. The molecule has 0 aliphatic rings. The maximum atomic E-state index is 12.7. The Hall–Kier alpha value is -2.94. The third-order valence-corrected chi connectivity index (χ3v) is 4.43. The average molecular weight is 393 g/mol. The monoisotopic (exact) mass is 393 g/mol. The first-order chi connectivity index (χ1) is 12.8. The largest absolute Gasteiger partial charge is 0.456 e. The summed E-state index contributed by atoms with van der Waals surface area (Å²) in [5.74, 6) is -0.664. The smallest absolute Gasteiger partial charge is 0.416 e. The number of hydrogen-bond donors (Lipinski definition) is 0. The van der Waals surface area contributed by atoms with Crippen LogP contribution in [0.5, 0.6) is 0 Å². The van der Waals surface area contributed by atoms with E-state index in [-0.39, 0.29) is 12.2 Å². The van der Waals surface area contributed by atoms with Crippen LogP contribution < -0.4 is 0 Å². The molecule has 0 aliphatic heterocycles. The molecule has 0 N–H and O–H groups in total. The van der Waals surface area contributed by atoms with Gasteiger partial charge in [0.05, 0.1) is 17.5 Å². The number of halogens is 3. The maximum absolute atomic E-state index is 12.7. The highest BCUT2D eigenvalue weighted by Crippen LogP contribution is 2.29. The molecule has 3 rings (SSSR count). The lowest BCUT2D eigenvalue weighted by Crippen LogP contribution is -2.04. The Balaban J connectivity index is 1.57. The zero-order valence-electron chi connectivity index (χ0n) is 14.1. The first kappa shape index (κ1) is 18.8. The van der Waals surface area contributed by atoms with Crippen molar-refractivity contribution in [2.24, 2.45) is 7.05 Å². The van der Waals surface area contributed by atoms with Gasteiger partial charge in [-0.1, -0.05) is 12.1 Å². The van der Waals surface area contributed by atoms with E-state index in [1.54, 1.807) is 23.3 Å². The molecule has 0 saturated heterocycles. The second-order valence-electron chi connectivity index (χ2n) is 5.61. The van der Waals surface area contributed by atoms with Gasteiger partial charge < -0.3 is 4.74 Å². The van der Waals surface area contributed by atoms with Gasteiger partial charge in [0.25, 0.3) is 0 Å². The third kappa shape index (κ3) is 5.04. The lowest BCUT2D eigenvalue weighted by atomic mass is 10.1. The molecule has 2 aromatic heterocycles. The van der Waals surface area contributed by atoms with E-state index < -0.39 is 17.7 Å². The van der Waals surface area contributed by atoms with Crippen molar-refractivity contribution in [2.45, 2.75) is 12.8 Å². The number of nitrogens with zero attached hydrogens (tertiary/aromatic N) is 3. The van der Waals surface area contributed by atoms with Crippen LogP contribution in [0.25, 0.3) is 16.6 Å². The fraction of sp³-hybridized carbons (Fsp3) is 0.167. The van der Waals surface area contributed by atoms with Gasteiger partial charge in [-0.15, -0.1) is 11.3 Å². The van der Waals surface area contributed by atoms with Crippen LogP contribution in [0, 0.1) is 0 Å². The summed E-state index contributed by atoms with van der Waals surface area (Å²) in [6.07, 6.45) is 1.45. The van der Waals surface area contributed by atoms with Crippen molar-refractivity contribution in [2.75, 3.05) is 0 Å². The molecule has 0 bridgehead atoms. The van der Waals surface area contributed by atoms with Gasteiger partial charge in [-0.25, -0.2) is 9.78 Å². The highest BCUT2D eigenvalue weighted by Gasteiger charge is 2.30. The number of carbonyl (C=O) groups excluding carboxylic acids is 1. The van der Waals surface area contributed by atoms with Crippen molar-refractivity contribution in [3.8, 4) is 10.6 Å². The predicted molar refractivity (Wildman–Crippen MR) is 94.6 cm³/mol. The molecule has 0 spiro atoms. The normalized spacial score (nSPS) is 11.9. The summed E-state index contributed by atoms with van der Waals surface area (Å²) in [6.45, 7) is -0.0253. The van der Waals surface area contributed by atoms with E-state index in [2.05, 4.69) is 10.1 Å². The minimum Gasteiger partial charge on any atom is -0.456 e. The first-order valence-electron chi connectivity index (χ1n) is 7.77. The van der Waals surface area contributed by atoms with Gasteiger partial charge in [-0.3, -0.25) is 4.68 Å². The summed E-state index contributed by atoms with van der Waals surface area (Å²) in [7, 11) is 1.80. The van der Waals surface area contributed by atoms with Gasteiger partial charge in [-0.2, -0.15) is 18.3 Å². The molecule has 9 heteroatoms. The summed E-state index contributed by atoms with van der Waals surface area (Å²) < 4.78 is 44.8. The topological polar surface area (TPSA) is 57.0 Å². The van der Waals surface area contributed by atoms with Gasteiger partial charge in [0.15, 0.2) is 0 Å². The Morgan fingerprint density at radius 1 is 1.37 bits per heavy atom. The summed E-state index contributed by atoms with van der Waals surface area (Å²) in [5, 5.41) is 6.60. The van der Waals surface area contributed by atoms with Gasteiger partial charge in [0.1, 0.15) is 11.6 Å². The Kier molecular flexibility index (Phi) is 5.41. The van der Waals surface area contributed by atoms with Gasteiger partial charge in [0, 0.05) is 30.3 Å². The van der Waals surface area contributed by atoms with Crippen LogP contribution in [0.1, 0.15) is 16.8 Å². The van der Waals surface area contributed by atoms with Crippen LogP contribution >= 0.6 is 11.3 Å². The molecule has 3 aromatic rings. The molecule has 5 nitrogen and oxygen atoms in total. The lowest BCUT2D eigenvalue weighted by Gasteiger charge is -2.06. The molecule has 0 unspecified atom stereocenters. The summed E-state index contributed by atoms with van der Waals surface area (Å²) in [6, 6.07) is 4.69. The number of esters is 1. The van der Waals surface area contributed by atoms with Crippen LogP contribution in [0.2, 0.25) is 0 Å². The van der Waals surface area contributed by atoms with Crippen molar-refractivity contribution in [1.29, 1.82) is 0 Å². The lowest BCUT2D eigenvalue weighted by molar-refractivity contribution is -0.139. The fourth-order valence-corrected chi connectivity index (χ4v) is 2.99. The second kappa shape index (κ2) is 7.75. The number of thiazole rings is 1. The molecule has 27 heavy (non-hydrogen) atoms. The molecule has 140 valence electrons. The molecule has 2 heterocycles. The number of benzene rings is 1. The number of hydrogen-bond acceptors (Lipinski definition) is 5. The van der Waals surface area contributed by atoms with Crippen molar-refractivity contribution in [1.82, 2.24) is 14.8 Å². The zero-order valence-corrected chi connectivity index (χ0v) is 14.9. The number of rotatable bonds is 5. The van der Waals surface area contributed by atoms with Crippen LogP contribution in [0.3, 0.4) is 0 Å². The molecule has 0 atom stereocenters. The van der Waals surface area contributed by atoms with Crippen LogP contribution in [0.4, 0.5) is 13.2 Å². The maximum Gasteiger partial charge on any atom is 0.416 e. The number of aryl methyl sites for hydroxylation is 1. The molecule has 0 saturated carbocycles. The predicted octanol–water partition coefficient (Wildman–Crippen LogP) is 4.32. The summed E-state index contributed by atoms with van der Waals surface area (Å²) >= 11 is 1.40. The summed E-state index contributed by atoms with van der Waals surface area (Å²) in [5.41, 5.74) is 0.932. The molecular formula is C18H14F3N3O2S. The van der Waals surface area contributed by atoms with E-state index >= 15 is 0 Å². The second-order valence-corrected chi connectivity index (χ2v) is 6.47. The molecule has 0 amide bonds. The molecule has 0 radical (unpaired) electrons. The number of aromatic nitrogens is 3. The van der Waals surface area contributed by atoms with E-state index in [4.69, 9.17) is 4.74 Å². The van der Waals surface area contributed by atoms with Crippen molar-refractivity contribution < 1.29 is 22.7 Å². The van der Waals surface area contributed by atoms with Gasteiger partial charge in [-0.05, 0) is 23.8 Å². The van der Waals surface area contributed by atoms with Gasteiger partial charge >= 0.3 is 12.1 Å². The minimum atomic E-state index is -4.43. The van der Waals surface area contributed by atoms with Crippen LogP contribution in [-0.4, -0.2) is 20.7 Å². The standard InChI is InChI=1S/C18H14F3N3O2S/c1-24-9-13(8-22-24)17-23-15(11-27-17)10-26-16(25)6-5-12-3-2-4-14(7-12)18(19,20)21/h2-9,11H,10H2,1H3. The number of ether oxygens (including phenoxy) is 1. The molecule has 1 aromatic carbocycles. The Bertz CT molecular complexity index is 976. The van der Waals surface area contributed by atoms with Crippen molar-refractivity contribution >= 4 is 23.4 Å². The van der Waals surface area contributed by atoms with Gasteiger partial charge in [0.2, 0.25) is 0 Å². The zero-order chi connectivity index (χ0) is 19.4. The quantitative estimate of drug-likeness (QED) is 0.479. The van der Waals surface area contributed by atoms with E-state index in [9.17, 15) is 18.0 Å². The Labute approximate surface area is 156 Å². The Morgan fingerprint density at radius 2 is 2.19 bits per heavy atom. The highest BCUT2D eigenvalue weighted by atomic mass is 32.1. The van der Waals surface area contributed by atoms with Crippen molar-refractivity contribution in [3.05, 3.63) is 64.9 Å². The molecule has 0 fully saturated rings. The minimum absolute atomic E-state index is 0.0253. The fourth-order valence-electron chi connectivity index (χ4n) is 2.21. The van der Waals surface area contributed by atoms with E-state index in [1.807, 2.05) is 6.20 Å². The average Bonchev–Trinajstić information content (AvgIpc) is 3.26. The molecular weight excluding hydrogens is 379 g/mol. The van der Waals surface area contributed by atoms with Crippen molar-refractivity contribution in [3.63, 3.8) is 0 Å². The van der Waals surface area contributed by atoms with E-state index in [0.717, 1.165) is 28.8 Å². The van der Waals surface area contributed by atoms with Crippen LogP contribution in [0.15, 0.2) is 48.1 Å². The SMILES string of the molecule is Cn1cc(-c2nc(COC(=O)C=Cc3cccc(C(F)(F)F)c3)cs2)cn1. The van der Waals surface area contributed by atoms with E-state index in [1.165, 1.54) is 29.5 Å². The number of alkyl halides is 3. The number of carbonyl (C=O) groups is 1. The summed E-state index contributed by atoms with van der Waals surface area (Å²) in [4.78, 5) is 16.1. The van der Waals surface area contributed by atoms with Crippen LogP contribution in [-0.2, 0) is 29.4 Å².